The first-order valence-corrected chi connectivity index (χ1v) is 6.15. The van der Waals surface area contributed by atoms with Crippen LogP contribution in [0, 0.1) is 23.7 Å². The van der Waals surface area contributed by atoms with Gasteiger partial charge in [0.2, 0.25) is 0 Å². The van der Waals surface area contributed by atoms with Crippen molar-refractivity contribution in [2.45, 2.75) is 19.8 Å². The molecule has 2 aliphatic heterocycles. The molecule has 2 heterocycles. The molecule has 0 amide bonds. The molecule has 4 unspecified atom stereocenters. The minimum Gasteiger partial charge on any atom is -0.465 e. The molecule has 17 heavy (non-hydrogen) atoms. The van der Waals surface area contributed by atoms with E-state index in [0.717, 1.165) is 6.42 Å². The van der Waals surface area contributed by atoms with E-state index in [-0.39, 0.29) is 35.6 Å². The third kappa shape index (κ3) is 1.75. The maximum atomic E-state index is 11.6. The Kier molecular flexibility index (Phi) is 2.45. The van der Waals surface area contributed by atoms with Gasteiger partial charge >= 0.3 is 11.9 Å². The van der Waals surface area contributed by atoms with E-state index < -0.39 is 0 Å². The van der Waals surface area contributed by atoms with Gasteiger partial charge in [-0.05, 0) is 19.3 Å². The fourth-order valence-electron chi connectivity index (χ4n) is 3.23. The van der Waals surface area contributed by atoms with E-state index in [1.807, 2.05) is 0 Å². The zero-order valence-electron chi connectivity index (χ0n) is 9.85. The van der Waals surface area contributed by atoms with Crippen molar-refractivity contribution < 1.29 is 19.1 Å². The van der Waals surface area contributed by atoms with Crippen molar-refractivity contribution in [3.8, 4) is 0 Å². The van der Waals surface area contributed by atoms with Crippen molar-refractivity contribution >= 4 is 11.9 Å². The second-order valence-corrected chi connectivity index (χ2v) is 5.30. The van der Waals surface area contributed by atoms with Gasteiger partial charge in [-0.25, -0.2) is 0 Å². The molecule has 2 saturated heterocycles. The normalized spacial score (nSPS) is 40.6. The highest BCUT2D eigenvalue weighted by Crippen LogP contribution is 2.42. The van der Waals surface area contributed by atoms with E-state index in [0.29, 0.717) is 19.6 Å². The monoisotopic (exact) mass is 236 g/mol. The average molecular weight is 236 g/mol. The first kappa shape index (κ1) is 10.8. The highest BCUT2D eigenvalue weighted by Gasteiger charge is 2.44. The molecule has 0 radical (unpaired) electrons. The molecule has 3 aliphatic rings. The lowest BCUT2D eigenvalue weighted by Crippen LogP contribution is -2.28. The molecule has 0 saturated carbocycles. The lowest BCUT2D eigenvalue weighted by Gasteiger charge is -2.29. The van der Waals surface area contributed by atoms with Crippen LogP contribution in [-0.4, -0.2) is 25.2 Å². The summed E-state index contributed by atoms with van der Waals surface area (Å²) < 4.78 is 10.1. The second kappa shape index (κ2) is 3.86. The van der Waals surface area contributed by atoms with Crippen molar-refractivity contribution in [1.29, 1.82) is 0 Å². The Balaban J connectivity index is 1.79. The van der Waals surface area contributed by atoms with Gasteiger partial charge in [0.1, 0.15) is 0 Å². The molecular formula is C13H16O4. The zero-order chi connectivity index (χ0) is 12.0. The van der Waals surface area contributed by atoms with Crippen LogP contribution in [0.15, 0.2) is 11.6 Å². The maximum absolute atomic E-state index is 11.6. The second-order valence-electron chi connectivity index (χ2n) is 5.30. The van der Waals surface area contributed by atoms with Crippen LogP contribution in [-0.2, 0) is 19.1 Å². The number of fused-ring (bicyclic) bond motifs is 1. The number of hydrogen-bond acceptors (Lipinski definition) is 4. The third-order valence-electron chi connectivity index (χ3n) is 4.27. The fraction of sp³-hybridized carbons (Fsp3) is 0.692. The van der Waals surface area contributed by atoms with Gasteiger partial charge in [0.05, 0.1) is 25.6 Å². The molecule has 0 spiro atoms. The highest BCUT2D eigenvalue weighted by atomic mass is 16.5. The van der Waals surface area contributed by atoms with Crippen LogP contribution < -0.4 is 0 Å². The highest BCUT2D eigenvalue weighted by molar-refractivity contribution is 5.76. The van der Waals surface area contributed by atoms with Gasteiger partial charge in [-0.2, -0.15) is 0 Å². The van der Waals surface area contributed by atoms with E-state index in [2.05, 4.69) is 13.0 Å². The third-order valence-corrected chi connectivity index (χ3v) is 4.27. The Bertz CT molecular complexity index is 398. The molecule has 92 valence electrons. The Morgan fingerprint density at radius 1 is 1.18 bits per heavy atom. The first-order valence-electron chi connectivity index (χ1n) is 6.15. The molecule has 4 nitrogen and oxygen atoms in total. The summed E-state index contributed by atoms with van der Waals surface area (Å²) in [7, 11) is 0. The molecule has 4 atom stereocenters. The van der Waals surface area contributed by atoms with Crippen molar-refractivity contribution in [2.24, 2.45) is 23.7 Å². The van der Waals surface area contributed by atoms with Crippen LogP contribution in [0.3, 0.4) is 0 Å². The SMILES string of the molecule is CC1=CC(C2COC(=O)C2)CC2C(=O)OCC12. The first-order chi connectivity index (χ1) is 8.15. The average Bonchev–Trinajstić information content (AvgIpc) is 2.87. The van der Waals surface area contributed by atoms with E-state index in [1.165, 1.54) is 5.57 Å². The lowest BCUT2D eigenvalue weighted by atomic mass is 9.72. The number of cyclic esters (lactones) is 2. The number of carbonyl (C=O) groups excluding carboxylic acids is 2. The molecule has 0 aromatic carbocycles. The van der Waals surface area contributed by atoms with Gasteiger partial charge < -0.3 is 9.47 Å². The maximum Gasteiger partial charge on any atom is 0.309 e. The Morgan fingerprint density at radius 3 is 2.71 bits per heavy atom. The minimum atomic E-state index is -0.114. The molecule has 2 fully saturated rings. The predicted octanol–water partition coefficient (Wildman–Crippen LogP) is 1.30. The standard InChI is InChI=1S/C13H16O4/c1-7-2-8(9-4-12(14)16-5-9)3-10-11(7)6-17-13(10)15/h2,8-11H,3-6H2,1H3. The topological polar surface area (TPSA) is 52.6 Å². The van der Waals surface area contributed by atoms with Gasteiger partial charge in [-0.3, -0.25) is 9.59 Å². The summed E-state index contributed by atoms with van der Waals surface area (Å²) in [5.41, 5.74) is 1.23. The molecule has 0 aromatic heterocycles. The Labute approximate surface area is 100.0 Å². The van der Waals surface area contributed by atoms with E-state index in [9.17, 15) is 9.59 Å². The van der Waals surface area contributed by atoms with Crippen molar-refractivity contribution in [2.75, 3.05) is 13.2 Å². The molecule has 0 aromatic rings. The number of hydrogen-bond donors (Lipinski definition) is 0. The number of allylic oxidation sites excluding steroid dienone is 1. The van der Waals surface area contributed by atoms with Crippen LogP contribution in [0.25, 0.3) is 0 Å². The van der Waals surface area contributed by atoms with Gasteiger partial charge in [0, 0.05) is 11.8 Å². The van der Waals surface area contributed by atoms with Crippen LogP contribution in [0.4, 0.5) is 0 Å². The van der Waals surface area contributed by atoms with Gasteiger partial charge in [0.15, 0.2) is 0 Å². The largest absolute Gasteiger partial charge is 0.465 e. The number of carbonyl (C=O) groups is 2. The Hall–Kier alpha value is -1.32. The van der Waals surface area contributed by atoms with Crippen LogP contribution >= 0.6 is 0 Å². The molecule has 1 aliphatic carbocycles. The molecular weight excluding hydrogens is 220 g/mol. The number of ether oxygens (including phenoxy) is 2. The van der Waals surface area contributed by atoms with Gasteiger partial charge in [-0.15, -0.1) is 0 Å². The van der Waals surface area contributed by atoms with E-state index >= 15 is 0 Å². The van der Waals surface area contributed by atoms with E-state index in [4.69, 9.17) is 9.47 Å². The van der Waals surface area contributed by atoms with Crippen LogP contribution in [0.5, 0.6) is 0 Å². The number of esters is 2. The summed E-state index contributed by atoms with van der Waals surface area (Å²) in [6, 6.07) is 0. The summed E-state index contributed by atoms with van der Waals surface area (Å²) in [6.45, 7) is 3.09. The van der Waals surface area contributed by atoms with Crippen LogP contribution in [0.2, 0.25) is 0 Å². The molecule has 0 bridgehead atoms. The minimum absolute atomic E-state index is 0.000650. The van der Waals surface area contributed by atoms with Crippen molar-refractivity contribution in [1.82, 2.24) is 0 Å². The van der Waals surface area contributed by atoms with Crippen LogP contribution in [0.1, 0.15) is 19.8 Å². The van der Waals surface area contributed by atoms with E-state index in [1.54, 1.807) is 0 Å². The molecule has 4 heteroatoms. The smallest absolute Gasteiger partial charge is 0.309 e. The summed E-state index contributed by atoms with van der Waals surface area (Å²) in [5, 5.41) is 0. The summed E-state index contributed by atoms with van der Waals surface area (Å²) >= 11 is 0. The fourth-order valence-corrected chi connectivity index (χ4v) is 3.23. The predicted molar refractivity (Wildman–Crippen MR) is 58.9 cm³/mol. The van der Waals surface area contributed by atoms with Crippen molar-refractivity contribution in [3.05, 3.63) is 11.6 Å². The number of rotatable bonds is 1. The van der Waals surface area contributed by atoms with Gasteiger partial charge in [-0.1, -0.05) is 11.6 Å². The summed E-state index contributed by atoms with van der Waals surface area (Å²) in [4.78, 5) is 22.8. The lowest BCUT2D eigenvalue weighted by molar-refractivity contribution is -0.142. The zero-order valence-corrected chi connectivity index (χ0v) is 9.85. The van der Waals surface area contributed by atoms with Crippen molar-refractivity contribution in [3.63, 3.8) is 0 Å². The summed E-state index contributed by atoms with van der Waals surface area (Å²) in [6.07, 6.45) is 3.51. The molecule has 0 N–H and O–H groups in total. The Morgan fingerprint density at radius 2 is 2.00 bits per heavy atom. The van der Waals surface area contributed by atoms with Gasteiger partial charge in [0.25, 0.3) is 0 Å². The molecule has 3 rings (SSSR count). The summed E-state index contributed by atoms with van der Waals surface area (Å²) in [5.74, 6) is 0.604. The quantitative estimate of drug-likeness (QED) is 0.508.